The zero-order chi connectivity index (χ0) is 20.5. The van der Waals surface area contributed by atoms with Gasteiger partial charge in [-0.05, 0) is 50.1 Å². The van der Waals surface area contributed by atoms with E-state index in [-0.39, 0.29) is 28.8 Å². The second-order valence-electron chi connectivity index (χ2n) is 6.63. The Labute approximate surface area is 158 Å². The molecule has 0 unspecified atom stereocenters. The van der Waals surface area contributed by atoms with Crippen molar-refractivity contribution in [2.24, 2.45) is 5.92 Å². The highest BCUT2D eigenvalue weighted by Gasteiger charge is 2.31. The number of anilines is 1. The minimum absolute atomic E-state index is 0.0385. The molecule has 1 heterocycles. The highest BCUT2D eigenvalue weighted by Crippen LogP contribution is 2.31. The average Bonchev–Trinajstić information content (AvgIpc) is 3.44. The molecule has 1 aliphatic carbocycles. The summed E-state index contributed by atoms with van der Waals surface area (Å²) in [7, 11) is 0. The van der Waals surface area contributed by atoms with Gasteiger partial charge in [0.05, 0.1) is 5.56 Å². The average molecular weight is 395 g/mol. The van der Waals surface area contributed by atoms with E-state index in [0.717, 1.165) is 12.8 Å². The van der Waals surface area contributed by atoms with Crippen LogP contribution in [0.1, 0.15) is 40.0 Å². The van der Waals surface area contributed by atoms with E-state index in [0.29, 0.717) is 23.9 Å². The number of rotatable bonds is 5. The fourth-order valence-corrected chi connectivity index (χ4v) is 2.60. The van der Waals surface area contributed by atoms with E-state index >= 15 is 0 Å². The third-order valence-corrected chi connectivity index (χ3v) is 4.23. The number of nitrogens with one attached hydrogen (secondary N) is 2. The lowest BCUT2D eigenvalue weighted by atomic mass is 10.1. The number of carbonyl (C=O) groups is 2. The number of alkyl halides is 3. The van der Waals surface area contributed by atoms with Crippen molar-refractivity contribution in [3.63, 3.8) is 0 Å². The number of benzene rings is 1. The predicted molar refractivity (Wildman–Crippen MR) is 92.9 cm³/mol. The number of aryl methyl sites for hydroxylation is 1. The van der Waals surface area contributed by atoms with Crippen LogP contribution in [0.3, 0.4) is 0 Å². The fourth-order valence-electron chi connectivity index (χ4n) is 2.60. The molecule has 3 rings (SSSR count). The summed E-state index contributed by atoms with van der Waals surface area (Å²) in [6, 6.07) is 4.85. The number of pyridine rings is 1. The van der Waals surface area contributed by atoms with E-state index in [4.69, 9.17) is 0 Å². The molecule has 1 aliphatic rings. The summed E-state index contributed by atoms with van der Waals surface area (Å²) < 4.78 is 52.1. The Kier molecular flexibility index (Phi) is 5.35. The molecule has 0 spiro atoms. The van der Waals surface area contributed by atoms with Crippen molar-refractivity contribution < 1.29 is 27.2 Å². The molecule has 2 N–H and O–H groups in total. The number of carbonyl (C=O) groups excluding carboxylic acids is 2. The fraction of sp³-hybridized carbons (Fsp3) is 0.316. The number of nitrogens with zero attached hydrogens (tertiary/aromatic N) is 1. The first kappa shape index (κ1) is 19.8. The van der Waals surface area contributed by atoms with Gasteiger partial charge in [0.1, 0.15) is 11.6 Å². The molecule has 28 heavy (non-hydrogen) atoms. The largest absolute Gasteiger partial charge is 0.416 e. The van der Waals surface area contributed by atoms with Gasteiger partial charge in [0, 0.05) is 29.3 Å². The molecule has 1 saturated carbocycles. The maximum Gasteiger partial charge on any atom is 0.416 e. The van der Waals surface area contributed by atoms with Crippen molar-refractivity contribution in [2.45, 2.75) is 32.5 Å². The van der Waals surface area contributed by atoms with Crippen LogP contribution in [-0.4, -0.2) is 16.8 Å². The van der Waals surface area contributed by atoms with Gasteiger partial charge in [-0.2, -0.15) is 13.2 Å². The zero-order valence-corrected chi connectivity index (χ0v) is 14.9. The molecule has 5 nitrogen and oxygen atoms in total. The van der Waals surface area contributed by atoms with Crippen LogP contribution in [0.25, 0.3) is 0 Å². The lowest BCUT2D eigenvalue weighted by molar-refractivity contribution is -0.137. The van der Waals surface area contributed by atoms with Crippen LogP contribution in [0, 0.1) is 18.7 Å². The Morgan fingerprint density at radius 2 is 1.89 bits per heavy atom. The Bertz CT molecular complexity index is 924. The molecule has 1 aromatic carbocycles. The number of aromatic nitrogens is 1. The molecule has 9 heteroatoms. The molecule has 1 aromatic heterocycles. The second-order valence-corrected chi connectivity index (χ2v) is 6.63. The number of halogens is 4. The smallest absolute Gasteiger partial charge is 0.348 e. The number of hydrogen-bond acceptors (Lipinski definition) is 3. The summed E-state index contributed by atoms with van der Waals surface area (Å²) in [6.07, 6.45) is -2.98. The normalized spacial score (nSPS) is 13.9. The highest BCUT2D eigenvalue weighted by atomic mass is 19.4. The van der Waals surface area contributed by atoms with Gasteiger partial charge in [-0.3, -0.25) is 9.59 Å². The van der Waals surface area contributed by atoms with Gasteiger partial charge in [0.15, 0.2) is 0 Å². The second kappa shape index (κ2) is 7.57. The first-order chi connectivity index (χ1) is 13.1. The molecule has 148 valence electrons. The SMILES string of the molecule is Cc1cc(C(=O)NCc2cc(C(F)(F)F)ccc2F)cc(NC(=O)C2CC2)n1. The maximum absolute atomic E-state index is 13.8. The van der Waals surface area contributed by atoms with Crippen LogP contribution in [0.15, 0.2) is 30.3 Å². The van der Waals surface area contributed by atoms with Crippen LogP contribution in [-0.2, 0) is 17.5 Å². The molecule has 0 bridgehead atoms. The van der Waals surface area contributed by atoms with Crippen molar-refractivity contribution in [2.75, 3.05) is 5.32 Å². The van der Waals surface area contributed by atoms with Crippen LogP contribution >= 0.6 is 0 Å². The number of amides is 2. The van der Waals surface area contributed by atoms with Crippen LogP contribution in [0.5, 0.6) is 0 Å². The molecule has 2 aromatic rings. The van der Waals surface area contributed by atoms with Crippen LogP contribution in [0.4, 0.5) is 23.4 Å². The van der Waals surface area contributed by atoms with Gasteiger partial charge in [-0.25, -0.2) is 9.37 Å². The van der Waals surface area contributed by atoms with Crippen molar-refractivity contribution in [3.8, 4) is 0 Å². The summed E-state index contributed by atoms with van der Waals surface area (Å²) in [5.41, 5.74) is -0.644. The van der Waals surface area contributed by atoms with Crippen molar-refractivity contribution in [1.29, 1.82) is 0 Å². The van der Waals surface area contributed by atoms with E-state index < -0.39 is 30.0 Å². The first-order valence-electron chi connectivity index (χ1n) is 8.57. The van der Waals surface area contributed by atoms with Crippen molar-refractivity contribution >= 4 is 17.6 Å². The van der Waals surface area contributed by atoms with Gasteiger partial charge in [0.2, 0.25) is 5.91 Å². The maximum atomic E-state index is 13.8. The Balaban J connectivity index is 1.71. The van der Waals surface area contributed by atoms with Crippen LogP contribution in [0.2, 0.25) is 0 Å². The minimum atomic E-state index is -4.61. The number of hydrogen-bond donors (Lipinski definition) is 2. The molecule has 2 amide bonds. The van der Waals surface area contributed by atoms with E-state index in [1.165, 1.54) is 12.1 Å². The summed E-state index contributed by atoms with van der Waals surface area (Å²) in [5.74, 6) is -1.47. The van der Waals surface area contributed by atoms with E-state index in [1.807, 2.05) is 0 Å². The molecular formula is C19H17F4N3O2. The molecule has 0 radical (unpaired) electrons. The van der Waals surface area contributed by atoms with E-state index in [1.54, 1.807) is 6.92 Å². The van der Waals surface area contributed by atoms with E-state index in [9.17, 15) is 27.2 Å². The van der Waals surface area contributed by atoms with Crippen molar-refractivity contribution in [3.05, 3.63) is 58.5 Å². The summed E-state index contributed by atoms with van der Waals surface area (Å²) in [6.45, 7) is 1.22. The Morgan fingerprint density at radius 1 is 1.18 bits per heavy atom. The molecule has 0 atom stereocenters. The quantitative estimate of drug-likeness (QED) is 0.756. The molecule has 0 aliphatic heterocycles. The molecule has 1 fully saturated rings. The third-order valence-electron chi connectivity index (χ3n) is 4.23. The molecular weight excluding hydrogens is 378 g/mol. The van der Waals surface area contributed by atoms with Gasteiger partial charge >= 0.3 is 6.18 Å². The topological polar surface area (TPSA) is 71.1 Å². The lowest BCUT2D eigenvalue weighted by Crippen LogP contribution is -2.24. The Hall–Kier alpha value is -2.97. The van der Waals surface area contributed by atoms with Crippen molar-refractivity contribution in [1.82, 2.24) is 10.3 Å². The summed E-state index contributed by atoms with van der Waals surface area (Å²) in [5, 5.41) is 5.02. The van der Waals surface area contributed by atoms with Crippen LogP contribution < -0.4 is 10.6 Å². The predicted octanol–water partition coefficient (Wildman–Crippen LogP) is 3.83. The summed E-state index contributed by atoms with van der Waals surface area (Å²) >= 11 is 0. The van der Waals surface area contributed by atoms with Gasteiger partial charge in [-0.15, -0.1) is 0 Å². The monoisotopic (exact) mass is 395 g/mol. The van der Waals surface area contributed by atoms with Gasteiger partial charge in [-0.1, -0.05) is 0 Å². The lowest BCUT2D eigenvalue weighted by Gasteiger charge is -2.12. The van der Waals surface area contributed by atoms with E-state index in [2.05, 4.69) is 15.6 Å². The Morgan fingerprint density at radius 3 is 2.54 bits per heavy atom. The minimum Gasteiger partial charge on any atom is -0.348 e. The highest BCUT2D eigenvalue weighted by molar-refractivity contribution is 5.97. The molecule has 0 saturated heterocycles. The standard InChI is InChI=1S/C19H17F4N3O2/c1-10-6-12(8-16(25-10)26-18(28)11-2-3-11)17(27)24-9-13-7-14(19(21,22)23)4-5-15(13)20/h4-8,11H,2-3,9H2,1H3,(H,24,27)(H,25,26,28). The zero-order valence-electron chi connectivity index (χ0n) is 14.9. The summed E-state index contributed by atoms with van der Waals surface area (Å²) in [4.78, 5) is 28.3. The van der Waals surface area contributed by atoms with Gasteiger partial charge in [0.25, 0.3) is 5.91 Å². The van der Waals surface area contributed by atoms with Gasteiger partial charge < -0.3 is 10.6 Å². The third kappa shape index (κ3) is 4.85. The first-order valence-corrected chi connectivity index (χ1v) is 8.57.